The zero-order chi connectivity index (χ0) is 20.2. The van der Waals surface area contributed by atoms with E-state index in [1.54, 1.807) is 20.8 Å². The summed E-state index contributed by atoms with van der Waals surface area (Å²) in [5.41, 5.74) is 1.57. The van der Waals surface area contributed by atoms with Gasteiger partial charge in [-0.2, -0.15) is 0 Å². The molecule has 0 spiro atoms. The van der Waals surface area contributed by atoms with Gasteiger partial charge in [0.15, 0.2) is 6.10 Å². The van der Waals surface area contributed by atoms with Crippen molar-refractivity contribution in [2.75, 3.05) is 0 Å². The number of aliphatic hydroxyl groups excluding tert-OH is 1. The lowest BCUT2D eigenvalue weighted by atomic mass is 9.98. The molecule has 0 aliphatic heterocycles. The van der Waals surface area contributed by atoms with Crippen molar-refractivity contribution in [1.29, 1.82) is 0 Å². The van der Waals surface area contributed by atoms with Crippen LogP contribution in [0.25, 0.3) is 0 Å². The van der Waals surface area contributed by atoms with Gasteiger partial charge in [0.05, 0.1) is 12.5 Å². The van der Waals surface area contributed by atoms with Crippen LogP contribution in [0.5, 0.6) is 0 Å². The molecule has 0 bridgehead atoms. The van der Waals surface area contributed by atoms with Crippen molar-refractivity contribution in [3.63, 3.8) is 0 Å². The number of hydrogen-bond donors (Lipinski definition) is 2. The van der Waals surface area contributed by atoms with Crippen molar-refractivity contribution in [3.8, 4) is 0 Å². The number of aromatic nitrogens is 2. The van der Waals surface area contributed by atoms with Crippen LogP contribution in [0, 0.1) is 12.8 Å². The Kier molecular flexibility index (Phi) is 6.59. The molecule has 1 unspecified atom stereocenters. The Hall–Kier alpha value is -2.41. The van der Waals surface area contributed by atoms with Gasteiger partial charge in [-0.05, 0) is 39.2 Å². The summed E-state index contributed by atoms with van der Waals surface area (Å²) in [7, 11) is 0. The summed E-state index contributed by atoms with van der Waals surface area (Å²) >= 11 is 0. The second kappa shape index (κ2) is 8.52. The molecule has 148 valence electrons. The molecule has 0 saturated heterocycles. The van der Waals surface area contributed by atoms with Gasteiger partial charge in [0.25, 0.3) is 0 Å². The number of alkyl carbamates (subject to hydrolysis) is 1. The number of aryl methyl sites for hydroxylation is 1. The minimum absolute atomic E-state index is 0.0698. The van der Waals surface area contributed by atoms with Crippen molar-refractivity contribution in [3.05, 3.63) is 47.2 Å². The summed E-state index contributed by atoms with van der Waals surface area (Å²) in [6.07, 6.45) is -1.25. The SMILES string of the molecule is Cc1cccc(Cc2nnc(C(O)[C@@H](NC(=O)OC(C)(C)C)C(C)C)o2)c1. The standard InChI is InChI=1S/C20H29N3O4/c1-12(2)16(21-19(25)27-20(4,5)6)17(24)18-23-22-15(26-18)11-14-9-7-8-13(3)10-14/h7-10,12,16-17,24H,11H2,1-6H3,(H,21,25)/t16-,17?/m0/s1. The van der Waals surface area contributed by atoms with E-state index in [1.807, 2.05) is 45.0 Å². The number of benzene rings is 1. The maximum atomic E-state index is 12.1. The molecule has 0 fully saturated rings. The highest BCUT2D eigenvalue weighted by atomic mass is 16.6. The summed E-state index contributed by atoms with van der Waals surface area (Å²) in [6.45, 7) is 11.1. The zero-order valence-corrected chi connectivity index (χ0v) is 16.8. The molecule has 0 aliphatic carbocycles. The third-order valence-corrected chi connectivity index (χ3v) is 3.92. The first-order valence-corrected chi connectivity index (χ1v) is 9.10. The molecule has 7 heteroatoms. The van der Waals surface area contributed by atoms with Crippen LogP contribution in [-0.4, -0.2) is 33.0 Å². The minimum Gasteiger partial charge on any atom is -0.444 e. The maximum Gasteiger partial charge on any atom is 0.407 e. The van der Waals surface area contributed by atoms with Gasteiger partial charge in [0.1, 0.15) is 5.60 Å². The third kappa shape index (κ3) is 6.36. The van der Waals surface area contributed by atoms with E-state index in [4.69, 9.17) is 9.15 Å². The predicted molar refractivity (Wildman–Crippen MR) is 101 cm³/mol. The molecule has 1 aromatic carbocycles. The van der Waals surface area contributed by atoms with Crippen LogP contribution in [0.15, 0.2) is 28.7 Å². The van der Waals surface area contributed by atoms with E-state index in [0.29, 0.717) is 12.3 Å². The second-order valence-electron chi connectivity index (χ2n) is 8.06. The van der Waals surface area contributed by atoms with E-state index in [-0.39, 0.29) is 11.8 Å². The van der Waals surface area contributed by atoms with Crippen molar-refractivity contribution >= 4 is 6.09 Å². The summed E-state index contributed by atoms with van der Waals surface area (Å²) in [4.78, 5) is 12.1. The molecule has 2 rings (SSSR count). The second-order valence-corrected chi connectivity index (χ2v) is 8.06. The quantitative estimate of drug-likeness (QED) is 0.801. The molecular weight excluding hydrogens is 346 g/mol. The fourth-order valence-corrected chi connectivity index (χ4v) is 2.66. The van der Waals surface area contributed by atoms with E-state index in [2.05, 4.69) is 15.5 Å². The highest BCUT2D eigenvalue weighted by Crippen LogP contribution is 2.22. The van der Waals surface area contributed by atoms with Crippen LogP contribution in [0.3, 0.4) is 0 Å². The van der Waals surface area contributed by atoms with E-state index in [0.717, 1.165) is 11.1 Å². The van der Waals surface area contributed by atoms with Crippen LogP contribution in [0.4, 0.5) is 4.79 Å². The van der Waals surface area contributed by atoms with Gasteiger partial charge in [-0.3, -0.25) is 0 Å². The monoisotopic (exact) mass is 375 g/mol. The Morgan fingerprint density at radius 2 is 2.00 bits per heavy atom. The van der Waals surface area contributed by atoms with Crippen LogP contribution in [0.2, 0.25) is 0 Å². The number of carbonyl (C=O) groups is 1. The van der Waals surface area contributed by atoms with E-state index >= 15 is 0 Å². The Labute approximate surface area is 160 Å². The summed E-state index contributed by atoms with van der Waals surface area (Å²) in [5.74, 6) is 0.418. The first-order valence-electron chi connectivity index (χ1n) is 9.10. The fourth-order valence-electron chi connectivity index (χ4n) is 2.66. The predicted octanol–water partition coefficient (Wildman–Crippen LogP) is 3.55. The number of nitrogens with one attached hydrogen (secondary N) is 1. The van der Waals surface area contributed by atoms with Crippen LogP contribution in [0.1, 0.15) is 63.6 Å². The molecule has 1 heterocycles. The smallest absolute Gasteiger partial charge is 0.407 e. The molecule has 1 aromatic heterocycles. The van der Waals surface area contributed by atoms with Gasteiger partial charge in [-0.15, -0.1) is 10.2 Å². The van der Waals surface area contributed by atoms with Gasteiger partial charge in [-0.1, -0.05) is 43.7 Å². The van der Waals surface area contributed by atoms with Crippen molar-refractivity contribution in [1.82, 2.24) is 15.5 Å². The van der Waals surface area contributed by atoms with E-state index < -0.39 is 23.8 Å². The first kappa shape index (κ1) is 20.9. The number of aliphatic hydroxyl groups is 1. The lowest BCUT2D eigenvalue weighted by Crippen LogP contribution is -2.45. The number of carbonyl (C=O) groups excluding carboxylic acids is 1. The topological polar surface area (TPSA) is 97.5 Å². The van der Waals surface area contributed by atoms with Crippen molar-refractivity contribution in [2.45, 2.75) is 65.7 Å². The molecule has 1 amide bonds. The Bertz CT molecular complexity index is 765. The van der Waals surface area contributed by atoms with Crippen molar-refractivity contribution in [2.24, 2.45) is 5.92 Å². The maximum absolute atomic E-state index is 12.1. The highest BCUT2D eigenvalue weighted by Gasteiger charge is 2.31. The number of ether oxygens (including phenoxy) is 1. The first-order chi connectivity index (χ1) is 12.5. The lowest BCUT2D eigenvalue weighted by molar-refractivity contribution is 0.0326. The Balaban J connectivity index is 2.08. The largest absolute Gasteiger partial charge is 0.444 e. The molecule has 0 saturated carbocycles. The van der Waals surface area contributed by atoms with Crippen molar-refractivity contribution < 1.29 is 19.1 Å². The molecule has 2 aromatic rings. The molecule has 0 aliphatic rings. The highest BCUT2D eigenvalue weighted by molar-refractivity contribution is 5.68. The van der Waals surface area contributed by atoms with Crippen LogP contribution < -0.4 is 5.32 Å². The fraction of sp³-hybridized carbons (Fsp3) is 0.550. The molecular formula is C20H29N3O4. The number of hydrogen-bond acceptors (Lipinski definition) is 6. The number of amides is 1. The average Bonchev–Trinajstić information content (AvgIpc) is 2.98. The molecule has 7 nitrogen and oxygen atoms in total. The van der Waals surface area contributed by atoms with E-state index in [9.17, 15) is 9.90 Å². The third-order valence-electron chi connectivity index (χ3n) is 3.92. The summed E-state index contributed by atoms with van der Waals surface area (Å²) in [5, 5.41) is 21.3. The summed E-state index contributed by atoms with van der Waals surface area (Å²) < 4.78 is 10.9. The van der Waals surface area contributed by atoms with Crippen LogP contribution in [-0.2, 0) is 11.2 Å². The van der Waals surface area contributed by atoms with Crippen LogP contribution >= 0.6 is 0 Å². The molecule has 0 radical (unpaired) electrons. The van der Waals surface area contributed by atoms with Gasteiger partial charge in [-0.25, -0.2) is 4.79 Å². The van der Waals surface area contributed by atoms with Gasteiger partial charge in [0, 0.05) is 0 Å². The molecule has 27 heavy (non-hydrogen) atoms. The molecule has 2 N–H and O–H groups in total. The number of rotatable bonds is 6. The minimum atomic E-state index is -1.13. The normalized spacial score (nSPS) is 14.1. The van der Waals surface area contributed by atoms with Gasteiger partial charge >= 0.3 is 6.09 Å². The van der Waals surface area contributed by atoms with Gasteiger partial charge < -0.3 is 19.6 Å². The van der Waals surface area contributed by atoms with E-state index in [1.165, 1.54) is 0 Å². The zero-order valence-electron chi connectivity index (χ0n) is 16.8. The number of nitrogens with zero attached hydrogens (tertiary/aromatic N) is 2. The average molecular weight is 375 g/mol. The summed E-state index contributed by atoms with van der Waals surface area (Å²) in [6, 6.07) is 7.39. The Morgan fingerprint density at radius 3 is 2.59 bits per heavy atom. The Morgan fingerprint density at radius 1 is 1.30 bits per heavy atom. The lowest BCUT2D eigenvalue weighted by Gasteiger charge is -2.27. The van der Waals surface area contributed by atoms with Gasteiger partial charge in [0.2, 0.25) is 11.8 Å². The molecule has 2 atom stereocenters.